The first-order valence-corrected chi connectivity index (χ1v) is 9.40. The summed E-state index contributed by atoms with van der Waals surface area (Å²) in [5.74, 6) is -0.753. The zero-order chi connectivity index (χ0) is 23.7. The van der Waals surface area contributed by atoms with Crippen LogP contribution >= 0.6 is 0 Å². The van der Waals surface area contributed by atoms with Crippen LogP contribution in [-0.4, -0.2) is 29.7 Å². The van der Waals surface area contributed by atoms with Crippen molar-refractivity contribution in [3.05, 3.63) is 81.9 Å². The first kappa shape index (κ1) is 23.3. The maximum atomic E-state index is 12.9. The van der Waals surface area contributed by atoms with E-state index in [9.17, 15) is 35.9 Å². The van der Waals surface area contributed by atoms with Crippen molar-refractivity contribution < 1.29 is 35.9 Å². The topological polar surface area (TPSA) is 37.4 Å². The number of amides is 1. The van der Waals surface area contributed by atoms with Gasteiger partial charge in [0.1, 0.15) is 0 Å². The second-order valence-electron chi connectivity index (χ2n) is 7.28. The molecule has 0 aromatic heterocycles. The SMILES string of the molecule is CC(=O)N1C/C(=C\c2ccc(C(F)(F)F)cc2)C(=O)/C(=C/c2ccc(C(F)(F)F)cc2)C1. The average Bonchev–Trinajstić information content (AvgIpc) is 2.70. The number of carbonyl (C=O) groups excluding carboxylic acids is 2. The summed E-state index contributed by atoms with van der Waals surface area (Å²) in [4.78, 5) is 26.2. The molecule has 0 N–H and O–H groups in total. The van der Waals surface area contributed by atoms with E-state index in [1.54, 1.807) is 0 Å². The Hall–Kier alpha value is -3.36. The van der Waals surface area contributed by atoms with Gasteiger partial charge in [0.2, 0.25) is 5.91 Å². The van der Waals surface area contributed by atoms with Gasteiger partial charge in [0.25, 0.3) is 0 Å². The molecule has 1 aliphatic rings. The molecule has 1 amide bonds. The summed E-state index contributed by atoms with van der Waals surface area (Å²) in [7, 11) is 0. The molecule has 2 aromatic rings. The smallest absolute Gasteiger partial charge is 0.334 e. The number of alkyl halides is 6. The lowest BCUT2D eigenvalue weighted by atomic mass is 9.94. The molecule has 1 heterocycles. The molecule has 0 spiro atoms. The molecule has 0 bridgehead atoms. The molecule has 32 heavy (non-hydrogen) atoms. The van der Waals surface area contributed by atoms with E-state index in [1.165, 1.54) is 48.2 Å². The number of carbonyl (C=O) groups is 2. The lowest BCUT2D eigenvalue weighted by Gasteiger charge is -2.29. The summed E-state index contributed by atoms with van der Waals surface area (Å²) >= 11 is 0. The summed E-state index contributed by atoms with van der Waals surface area (Å²) in [6, 6.07) is 8.43. The number of Topliss-reactive ketones (excluding diaryl/α,β-unsaturated/α-hetero) is 1. The largest absolute Gasteiger partial charge is 0.416 e. The minimum atomic E-state index is -4.49. The quantitative estimate of drug-likeness (QED) is 0.437. The molecule has 3 rings (SSSR count). The second-order valence-corrected chi connectivity index (χ2v) is 7.28. The molecule has 9 heteroatoms. The van der Waals surface area contributed by atoms with Crippen molar-refractivity contribution in [1.29, 1.82) is 0 Å². The van der Waals surface area contributed by atoms with E-state index in [2.05, 4.69) is 0 Å². The number of halogens is 6. The molecule has 0 radical (unpaired) electrons. The zero-order valence-corrected chi connectivity index (χ0v) is 16.7. The highest BCUT2D eigenvalue weighted by atomic mass is 19.4. The number of benzene rings is 2. The van der Waals surface area contributed by atoms with Crippen molar-refractivity contribution in [2.75, 3.05) is 13.1 Å². The minimum absolute atomic E-state index is 0.0282. The third-order valence-corrected chi connectivity index (χ3v) is 4.91. The van der Waals surface area contributed by atoms with E-state index in [-0.39, 0.29) is 30.1 Å². The number of hydrogen-bond donors (Lipinski definition) is 0. The summed E-state index contributed by atoms with van der Waals surface area (Å²) in [6.45, 7) is 1.25. The minimum Gasteiger partial charge on any atom is -0.334 e. The van der Waals surface area contributed by atoms with Crippen LogP contribution in [0.4, 0.5) is 26.3 Å². The van der Waals surface area contributed by atoms with Crippen molar-refractivity contribution in [2.24, 2.45) is 0 Å². The maximum Gasteiger partial charge on any atom is 0.416 e. The van der Waals surface area contributed by atoms with Gasteiger partial charge in [-0.3, -0.25) is 9.59 Å². The van der Waals surface area contributed by atoms with Crippen LogP contribution < -0.4 is 0 Å². The second kappa shape index (κ2) is 8.64. The number of nitrogens with zero attached hydrogens (tertiary/aromatic N) is 1. The molecular weight excluding hydrogens is 436 g/mol. The van der Waals surface area contributed by atoms with E-state index in [0.29, 0.717) is 11.1 Å². The van der Waals surface area contributed by atoms with Gasteiger partial charge in [-0.15, -0.1) is 0 Å². The fourth-order valence-electron chi connectivity index (χ4n) is 3.20. The monoisotopic (exact) mass is 453 g/mol. The Kier molecular flexibility index (Phi) is 6.29. The predicted molar refractivity (Wildman–Crippen MR) is 106 cm³/mol. The first-order chi connectivity index (χ1) is 14.8. The molecule has 1 aliphatic heterocycles. The Morgan fingerprint density at radius 1 is 0.750 bits per heavy atom. The van der Waals surface area contributed by atoms with E-state index in [0.717, 1.165) is 24.3 Å². The molecule has 0 unspecified atom stereocenters. The van der Waals surface area contributed by atoms with Gasteiger partial charge < -0.3 is 4.90 Å². The third kappa shape index (κ3) is 5.46. The van der Waals surface area contributed by atoms with Crippen LogP contribution in [0.1, 0.15) is 29.2 Å². The van der Waals surface area contributed by atoms with Crippen molar-refractivity contribution >= 4 is 23.8 Å². The van der Waals surface area contributed by atoms with Crippen molar-refractivity contribution in [3.8, 4) is 0 Å². The van der Waals surface area contributed by atoms with Crippen LogP contribution in [0.2, 0.25) is 0 Å². The standard InChI is InChI=1S/C23H17F6NO2/c1-14(31)30-12-17(10-15-2-6-19(7-3-15)22(24,25)26)21(32)18(13-30)11-16-4-8-20(9-5-16)23(27,28)29/h2-11H,12-13H2,1H3/b17-10+,18-11+. The van der Waals surface area contributed by atoms with E-state index >= 15 is 0 Å². The van der Waals surface area contributed by atoms with Gasteiger partial charge in [0, 0.05) is 31.2 Å². The maximum absolute atomic E-state index is 12.9. The molecule has 0 aliphatic carbocycles. The molecule has 1 saturated heterocycles. The molecule has 2 aromatic carbocycles. The number of likely N-dealkylation sites (tertiary alicyclic amines) is 1. The van der Waals surface area contributed by atoms with Crippen molar-refractivity contribution in [3.63, 3.8) is 0 Å². The Bertz CT molecular complexity index is 998. The Labute approximate surface area is 179 Å². The van der Waals surface area contributed by atoms with Crippen LogP contribution in [-0.2, 0) is 21.9 Å². The number of rotatable bonds is 2. The normalized spacial score (nSPS) is 17.8. The van der Waals surface area contributed by atoms with Crippen molar-refractivity contribution in [1.82, 2.24) is 4.90 Å². The average molecular weight is 453 g/mol. The van der Waals surface area contributed by atoms with Crippen LogP contribution in [0, 0.1) is 0 Å². The van der Waals surface area contributed by atoms with E-state index < -0.39 is 29.3 Å². The highest BCUT2D eigenvalue weighted by molar-refractivity contribution is 6.15. The van der Waals surface area contributed by atoms with Gasteiger partial charge in [-0.1, -0.05) is 24.3 Å². The van der Waals surface area contributed by atoms with E-state index in [4.69, 9.17) is 0 Å². The van der Waals surface area contributed by atoms with Gasteiger partial charge in [-0.25, -0.2) is 0 Å². The highest BCUT2D eigenvalue weighted by Gasteiger charge is 2.31. The number of piperidine rings is 1. The first-order valence-electron chi connectivity index (χ1n) is 9.40. The summed E-state index contributed by atoms with van der Waals surface area (Å²) in [5, 5.41) is 0. The molecule has 0 saturated carbocycles. The van der Waals surface area contributed by atoms with Gasteiger partial charge in [0.15, 0.2) is 5.78 Å². The Balaban J connectivity index is 1.93. The van der Waals surface area contributed by atoms with Gasteiger partial charge >= 0.3 is 12.4 Å². The van der Waals surface area contributed by atoms with E-state index in [1.807, 2.05) is 0 Å². The highest BCUT2D eigenvalue weighted by Crippen LogP contribution is 2.31. The molecular formula is C23H17F6NO2. The lowest BCUT2D eigenvalue weighted by Crippen LogP contribution is -2.40. The summed E-state index contributed by atoms with van der Waals surface area (Å²) in [5.41, 5.74) is -0.597. The van der Waals surface area contributed by atoms with Crippen LogP contribution in [0.5, 0.6) is 0 Å². The summed E-state index contributed by atoms with van der Waals surface area (Å²) in [6.07, 6.45) is -6.18. The number of ketones is 1. The molecule has 3 nitrogen and oxygen atoms in total. The Morgan fingerprint density at radius 3 is 1.38 bits per heavy atom. The fraction of sp³-hybridized carbons (Fsp3) is 0.217. The number of hydrogen-bond acceptors (Lipinski definition) is 2. The van der Waals surface area contributed by atoms with Gasteiger partial charge in [-0.05, 0) is 47.5 Å². The van der Waals surface area contributed by atoms with Crippen LogP contribution in [0.25, 0.3) is 12.2 Å². The third-order valence-electron chi connectivity index (χ3n) is 4.91. The summed E-state index contributed by atoms with van der Waals surface area (Å²) < 4.78 is 76.5. The lowest BCUT2D eigenvalue weighted by molar-refractivity contribution is -0.138. The van der Waals surface area contributed by atoms with Gasteiger partial charge in [0.05, 0.1) is 11.1 Å². The molecule has 168 valence electrons. The molecule has 0 atom stereocenters. The van der Waals surface area contributed by atoms with Crippen molar-refractivity contribution in [2.45, 2.75) is 19.3 Å². The Morgan fingerprint density at radius 2 is 1.09 bits per heavy atom. The zero-order valence-electron chi connectivity index (χ0n) is 16.7. The fourth-order valence-corrected chi connectivity index (χ4v) is 3.20. The van der Waals surface area contributed by atoms with Gasteiger partial charge in [-0.2, -0.15) is 26.3 Å². The predicted octanol–water partition coefficient (Wildman–Crippen LogP) is 5.62. The molecule has 1 fully saturated rings. The van der Waals surface area contributed by atoms with Crippen LogP contribution in [0.15, 0.2) is 59.7 Å². The van der Waals surface area contributed by atoms with Crippen LogP contribution in [0.3, 0.4) is 0 Å².